The average Bonchev–Trinajstić information content (AvgIpc) is 3.79. The Morgan fingerprint density at radius 1 is 0.512 bits per heavy atom. The quantitative estimate of drug-likeness (QED) is 0.102. The van der Waals surface area contributed by atoms with Gasteiger partial charge in [0.2, 0.25) is 0 Å². The summed E-state index contributed by atoms with van der Waals surface area (Å²) in [5.74, 6) is 0. The third-order valence-corrected chi connectivity index (χ3v) is 4.65. The van der Waals surface area contributed by atoms with Crippen LogP contribution in [0.25, 0.3) is 46.4 Å². The summed E-state index contributed by atoms with van der Waals surface area (Å²) >= 11 is 0. The second-order valence-electron chi connectivity index (χ2n) is 7.35. The van der Waals surface area contributed by atoms with Crippen LogP contribution < -0.4 is 0 Å². The van der Waals surface area contributed by atoms with Gasteiger partial charge in [0.25, 0.3) is 0 Å². The van der Waals surface area contributed by atoms with Gasteiger partial charge in [-0.3, -0.25) is 0 Å². The summed E-state index contributed by atoms with van der Waals surface area (Å²) in [6.45, 7) is 2.00. The van der Waals surface area contributed by atoms with Crippen LogP contribution in [0.15, 0.2) is 78.9 Å². The van der Waals surface area contributed by atoms with Crippen LogP contribution in [-0.4, -0.2) is 66.3 Å². The number of nitrogens with one attached hydrogen (secondary N) is 2. The molecule has 43 heavy (non-hydrogen) atoms. The summed E-state index contributed by atoms with van der Waals surface area (Å²) in [7, 11) is 0. The molecule has 5 heterocycles. The minimum atomic E-state index is 0. The van der Waals surface area contributed by atoms with Crippen molar-refractivity contribution in [1.29, 1.82) is 0 Å². The van der Waals surface area contributed by atoms with Crippen molar-refractivity contribution in [1.82, 2.24) is 19.9 Å². The van der Waals surface area contributed by atoms with Crippen LogP contribution in [0.3, 0.4) is 0 Å². The van der Waals surface area contributed by atoms with Gasteiger partial charge in [-0.2, -0.15) is 36.4 Å². The maximum atomic E-state index is 8.24. The van der Waals surface area contributed by atoms with Gasteiger partial charge < -0.3 is 49.6 Å². The minimum absolute atomic E-state index is 0. The zero-order valence-electron chi connectivity index (χ0n) is 21.9. The number of aromatic nitrogens is 4. The predicted molar refractivity (Wildman–Crippen MR) is 157 cm³/mol. The number of hydrogen-bond donors (Lipinski definition) is 6. The van der Waals surface area contributed by atoms with E-state index in [1.165, 1.54) is 0 Å². The molecule has 13 heteroatoms. The van der Waals surface area contributed by atoms with E-state index in [0.717, 1.165) is 44.8 Å². The molecule has 0 amide bonds. The number of rotatable bonds is 0. The Labute approximate surface area is 256 Å². The van der Waals surface area contributed by atoms with Crippen molar-refractivity contribution in [2.45, 2.75) is 0 Å². The summed E-state index contributed by atoms with van der Waals surface area (Å²) < 4.78 is 0. The van der Waals surface area contributed by atoms with Crippen LogP contribution in [0.2, 0.25) is 0 Å². The molecule has 2 aliphatic rings. The summed E-state index contributed by atoms with van der Waals surface area (Å²) in [6, 6.07) is 28.9. The fourth-order valence-electron chi connectivity index (χ4n) is 3.29. The summed E-state index contributed by atoms with van der Waals surface area (Å²) in [5.41, 5.74) is 7.86. The van der Waals surface area contributed by atoms with Crippen molar-refractivity contribution in [2.24, 2.45) is 0 Å². The van der Waals surface area contributed by atoms with Crippen LogP contribution >= 0.6 is 0 Å². The number of aliphatic hydroxyl groups excluding tert-OH is 4. The molecule has 0 saturated heterocycles. The van der Waals surface area contributed by atoms with Crippen molar-refractivity contribution in [2.75, 3.05) is 0 Å². The number of fused-ring (bicyclic) bond motifs is 8. The molecule has 1 aromatic carbocycles. The molecule has 0 atom stereocenters. The van der Waals surface area contributed by atoms with Gasteiger partial charge in [0, 0.05) is 39.1 Å². The van der Waals surface area contributed by atoms with Crippen LogP contribution in [0.5, 0.6) is 0 Å². The molecule has 0 aliphatic carbocycles. The molecule has 3 aromatic heterocycles. The van der Waals surface area contributed by atoms with Gasteiger partial charge in [0.1, 0.15) is 0 Å². The standard InChI is InChI=1S/C20H14N4.C6H5.4CHO2.Cu/c1-2-14-10-16-5-6-18(23-16)12-20-8-7-19(24-20)11-17-4-3-15(22-17)9-13(1)21-14;1-2-4-6-5-3-1;4*2-1-3;/h1-12,21-22H;1-5H;4*(H,2,3);/q;5*-1;. The molecule has 0 unspecified atom stereocenters. The molecule has 227 valence electrons. The first-order valence-electron chi connectivity index (χ1n) is 11.5. The minimum Gasteiger partial charge on any atom is -0.665 e. The van der Waals surface area contributed by atoms with Crippen molar-refractivity contribution >= 4 is 72.3 Å². The van der Waals surface area contributed by atoms with Gasteiger partial charge in [0.15, 0.2) is 0 Å². The number of nitrogens with zero attached hydrogens (tertiary/aromatic N) is 2. The second kappa shape index (κ2) is 23.0. The molecule has 12 nitrogen and oxygen atoms in total. The Kier molecular flexibility index (Phi) is 19.9. The monoisotopic (exact) mass is 630 g/mol. The van der Waals surface area contributed by atoms with Crippen molar-refractivity contribution in [3.63, 3.8) is 0 Å². The molecule has 0 saturated carbocycles. The molecular weight excluding hydrogens is 608 g/mol. The third kappa shape index (κ3) is 15.6. The number of aromatic amines is 2. The van der Waals surface area contributed by atoms with Gasteiger partial charge in [-0.1, -0.05) is 25.9 Å². The fraction of sp³-hybridized carbons (Fsp3) is 0. The van der Waals surface area contributed by atoms with E-state index in [2.05, 4.69) is 56.3 Å². The van der Waals surface area contributed by atoms with Gasteiger partial charge in [-0.05, 0) is 72.8 Å². The van der Waals surface area contributed by atoms with Gasteiger partial charge in [0.05, 0.1) is 22.8 Å². The van der Waals surface area contributed by atoms with E-state index >= 15 is 0 Å². The van der Waals surface area contributed by atoms with E-state index in [4.69, 9.17) is 39.6 Å². The summed E-state index contributed by atoms with van der Waals surface area (Å²) in [6.07, 6.45) is 8.05. The Hall–Kier alpha value is -5.78. The first-order valence-corrected chi connectivity index (χ1v) is 11.5. The topological polar surface area (TPSA) is 207 Å². The number of hydrogen-bond acceptors (Lipinski definition) is 6. The molecular formula is C30H23CuN4O8-5. The average molecular weight is 631 g/mol. The van der Waals surface area contributed by atoms with E-state index in [-0.39, 0.29) is 17.1 Å². The van der Waals surface area contributed by atoms with Crippen LogP contribution in [0, 0.1) is 6.07 Å². The first-order chi connectivity index (χ1) is 20.5. The Morgan fingerprint density at radius 3 is 1.09 bits per heavy atom. The molecule has 4 aromatic rings. The smallest absolute Gasteiger partial charge is 0.0659 e. The Balaban J connectivity index is 0.000000771. The van der Waals surface area contributed by atoms with Gasteiger partial charge in [-0.25, -0.2) is 9.97 Å². The van der Waals surface area contributed by atoms with E-state index in [1.54, 1.807) is 0 Å². The van der Waals surface area contributed by atoms with Crippen LogP contribution in [-0.2, 0) is 36.2 Å². The summed E-state index contributed by atoms with van der Waals surface area (Å²) in [4.78, 5) is 49.0. The van der Waals surface area contributed by atoms with Crippen LogP contribution in [0.1, 0.15) is 22.8 Å². The Bertz CT molecular complexity index is 1480. The normalized spacial score (nSPS) is 9.30. The molecule has 0 spiro atoms. The predicted octanol–water partition coefficient (Wildman–Crippen LogP) is 4.59. The zero-order chi connectivity index (χ0) is 31.0. The SMILES string of the molecule is C1=Cc2cc3ccc(cc4ccc(cc5nc(cc1n2)C=C5)[nH]4)[nH]3.O=[C-]O.O=[C-]O.O=[C-]O.O=[C-]O.[Cu].[c-]1ccccc1. The maximum Gasteiger partial charge on any atom is 0.0659 e. The van der Waals surface area contributed by atoms with Crippen molar-refractivity contribution in [3.8, 4) is 0 Å². The fourth-order valence-corrected chi connectivity index (χ4v) is 3.29. The maximum absolute atomic E-state index is 8.24. The van der Waals surface area contributed by atoms with Crippen LogP contribution in [0.4, 0.5) is 0 Å². The molecule has 0 fully saturated rings. The second-order valence-corrected chi connectivity index (χ2v) is 7.35. The molecule has 2 aliphatic heterocycles. The zero-order valence-corrected chi connectivity index (χ0v) is 22.9. The van der Waals surface area contributed by atoms with Gasteiger partial charge >= 0.3 is 0 Å². The number of H-pyrrole nitrogens is 2. The van der Waals surface area contributed by atoms with E-state index in [0.29, 0.717) is 25.9 Å². The van der Waals surface area contributed by atoms with E-state index in [1.807, 2.05) is 72.8 Å². The molecule has 1 radical (unpaired) electrons. The van der Waals surface area contributed by atoms with Crippen molar-refractivity contribution < 1.29 is 56.7 Å². The molecule has 8 bridgehead atoms. The van der Waals surface area contributed by atoms with E-state index in [9.17, 15) is 0 Å². The Morgan fingerprint density at radius 2 is 0.814 bits per heavy atom. The first kappa shape index (κ1) is 37.2. The largest absolute Gasteiger partial charge is 0.665 e. The third-order valence-electron chi connectivity index (χ3n) is 4.65. The molecule has 6 N–H and O–H groups in total. The number of benzene rings is 1. The van der Waals surface area contributed by atoms with Gasteiger partial charge in [-0.15, -0.1) is 0 Å². The molecule has 6 rings (SSSR count). The van der Waals surface area contributed by atoms with E-state index < -0.39 is 0 Å². The van der Waals surface area contributed by atoms with Crippen molar-refractivity contribution in [3.05, 3.63) is 108 Å². The summed E-state index contributed by atoms with van der Waals surface area (Å²) in [5, 5.41) is 27.1.